The lowest BCUT2D eigenvalue weighted by Gasteiger charge is -2.30. The molecule has 1 saturated heterocycles. The molecular formula is C15H17ClF3N3O2. The molecule has 0 radical (unpaired) electrons. The quantitative estimate of drug-likeness (QED) is 0.755. The molecule has 5 nitrogen and oxygen atoms in total. The van der Waals surface area contributed by atoms with Crippen LogP contribution in [0.1, 0.15) is 18.4 Å². The number of rotatable bonds is 1. The standard InChI is InChI=1S/C15H17ClF3N3O2/c1-20(2)13(23)22(14(24)21-7-3-4-8-21)12-6-5-10(16)9-11(12)15(17,18)19/h5-6,9H,3-4,7-8H2,1-2H3. The Labute approximate surface area is 142 Å². The molecule has 1 aromatic carbocycles. The van der Waals surface area contributed by atoms with E-state index >= 15 is 0 Å². The summed E-state index contributed by atoms with van der Waals surface area (Å²) in [4.78, 5) is 28.1. The lowest BCUT2D eigenvalue weighted by atomic mass is 10.1. The van der Waals surface area contributed by atoms with Gasteiger partial charge in [0, 0.05) is 32.2 Å². The lowest BCUT2D eigenvalue weighted by Crippen LogP contribution is -2.50. The number of amides is 4. The summed E-state index contributed by atoms with van der Waals surface area (Å²) in [6, 6.07) is 1.36. The van der Waals surface area contributed by atoms with E-state index in [2.05, 4.69) is 0 Å². The highest BCUT2D eigenvalue weighted by Crippen LogP contribution is 2.39. The second-order valence-electron chi connectivity index (χ2n) is 5.65. The van der Waals surface area contributed by atoms with Crippen molar-refractivity contribution in [2.75, 3.05) is 32.1 Å². The van der Waals surface area contributed by atoms with Crippen LogP contribution in [0.3, 0.4) is 0 Å². The average molecular weight is 364 g/mol. The van der Waals surface area contributed by atoms with Gasteiger partial charge in [0.2, 0.25) is 0 Å². The maximum Gasteiger partial charge on any atom is 0.418 e. The number of likely N-dealkylation sites (tertiary alicyclic amines) is 1. The Bertz CT molecular complexity index is 643. The fourth-order valence-corrected chi connectivity index (χ4v) is 2.64. The van der Waals surface area contributed by atoms with Crippen molar-refractivity contribution >= 4 is 29.4 Å². The average Bonchev–Trinajstić information content (AvgIpc) is 3.01. The third-order valence-corrected chi connectivity index (χ3v) is 3.88. The zero-order valence-corrected chi connectivity index (χ0v) is 14.0. The summed E-state index contributed by atoms with van der Waals surface area (Å²) in [6.07, 6.45) is -3.25. The fraction of sp³-hybridized carbons (Fsp3) is 0.467. The first-order valence-corrected chi connectivity index (χ1v) is 7.68. The summed E-state index contributed by atoms with van der Waals surface area (Å²) in [6.45, 7) is 0.815. The molecule has 0 saturated carbocycles. The number of benzene rings is 1. The first-order chi connectivity index (χ1) is 11.1. The van der Waals surface area contributed by atoms with E-state index in [-0.39, 0.29) is 5.02 Å². The van der Waals surface area contributed by atoms with Crippen LogP contribution in [-0.2, 0) is 6.18 Å². The number of hydrogen-bond acceptors (Lipinski definition) is 2. The van der Waals surface area contributed by atoms with E-state index in [0.29, 0.717) is 24.1 Å². The van der Waals surface area contributed by atoms with Crippen LogP contribution in [0.15, 0.2) is 18.2 Å². The van der Waals surface area contributed by atoms with Crippen molar-refractivity contribution in [2.24, 2.45) is 0 Å². The van der Waals surface area contributed by atoms with Crippen molar-refractivity contribution in [1.29, 1.82) is 0 Å². The van der Waals surface area contributed by atoms with Gasteiger partial charge in [0.1, 0.15) is 0 Å². The summed E-state index contributed by atoms with van der Waals surface area (Å²) in [5.41, 5.74) is -1.65. The summed E-state index contributed by atoms with van der Waals surface area (Å²) >= 11 is 5.67. The van der Waals surface area contributed by atoms with Crippen molar-refractivity contribution in [1.82, 2.24) is 9.80 Å². The maximum atomic E-state index is 13.4. The zero-order chi connectivity index (χ0) is 18.1. The molecule has 0 unspecified atom stereocenters. The van der Waals surface area contributed by atoms with Gasteiger partial charge in [0.25, 0.3) is 0 Å². The zero-order valence-electron chi connectivity index (χ0n) is 13.2. The van der Waals surface area contributed by atoms with Crippen LogP contribution in [0.25, 0.3) is 0 Å². The molecule has 0 bridgehead atoms. The number of carbonyl (C=O) groups excluding carboxylic acids is 2. The minimum Gasteiger partial charge on any atom is -0.330 e. The molecule has 132 valence electrons. The highest BCUT2D eigenvalue weighted by Gasteiger charge is 2.40. The minimum atomic E-state index is -4.75. The predicted molar refractivity (Wildman–Crippen MR) is 84.2 cm³/mol. The van der Waals surface area contributed by atoms with Crippen LogP contribution < -0.4 is 4.90 Å². The van der Waals surface area contributed by atoms with Crippen LogP contribution in [0.4, 0.5) is 28.4 Å². The second kappa shape index (κ2) is 6.88. The monoisotopic (exact) mass is 363 g/mol. The molecule has 1 aromatic rings. The third kappa shape index (κ3) is 3.75. The van der Waals surface area contributed by atoms with Gasteiger partial charge in [-0.25, -0.2) is 14.5 Å². The van der Waals surface area contributed by atoms with Crippen LogP contribution in [-0.4, -0.2) is 49.0 Å². The molecule has 0 spiro atoms. The number of hydrogen-bond donors (Lipinski definition) is 0. The van der Waals surface area contributed by atoms with Gasteiger partial charge in [0.05, 0.1) is 11.3 Å². The molecule has 24 heavy (non-hydrogen) atoms. The summed E-state index contributed by atoms with van der Waals surface area (Å²) in [5, 5.41) is -0.128. The molecule has 0 atom stereocenters. The topological polar surface area (TPSA) is 43.9 Å². The molecule has 1 fully saturated rings. The molecule has 0 aromatic heterocycles. The van der Waals surface area contributed by atoms with Crippen LogP contribution in [0.5, 0.6) is 0 Å². The molecule has 0 N–H and O–H groups in total. The van der Waals surface area contributed by atoms with Gasteiger partial charge in [-0.2, -0.15) is 13.2 Å². The first kappa shape index (κ1) is 18.4. The van der Waals surface area contributed by atoms with Gasteiger partial charge in [-0.05, 0) is 31.0 Å². The van der Waals surface area contributed by atoms with E-state index in [1.807, 2.05) is 0 Å². The van der Waals surface area contributed by atoms with Crippen LogP contribution in [0, 0.1) is 0 Å². The highest BCUT2D eigenvalue weighted by molar-refractivity contribution is 6.30. The van der Waals surface area contributed by atoms with Crippen molar-refractivity contribution in [2.45, 2.75) is 19.0 Å². The largest absolute Gasteiger partial charge is 0.418 e. The normalized spacial score (nSPS) is 14.7. The van der Waals surface area contributed by atoms with Gasteiger partial charge < -0.3 is 9.80 Å². The smallest absolute Gasteiger partial charge is 0.330 e. The Morgan fingerprint density at radius 3 is 2.25 bits per heavy atom. The lowest BCUT2D eigenvalue weighted by molar-refractivity contribution is -0.137. The molecule has 4 amide bonds. The van der Waals surface area contributed by atoms with E-state index in [9.17, 15) is 22.8 Å². The molecular weight excluding hydrogens is 347 g/mol. The second-order valence-corrected chi connectivity index (χ2v) is 6.08. The number of anilines is 1. The molecule has 1 heterocycles. The van der Waals surface area contributed by atoms with E-state index in [4.69, 9.17) is 11.6 Å². The van der Waals surface area contributed by atoms with Crippen molar-refractivity contribution in [3.63, 3.8) is 0 Å². The molecule has 1 aliphatic rings. The molecule has 0 aliphatic carbocycles. The summed E-state index contributed by atoms with van der Waals surface area (Å²) in [7, 11) is 2.74. The minimum absolute atomic E-state index is 0.128. The van der Waals surface area contributed by atoms with Gasteiger partial charge >= 0.3 is 18.2 Å². The van der Waals surface area contributed by atoms with E-state index < -0.39 is 29.5 Å². The predicted octanol–water partition coefficient (Wildman–Crippen LogP) is 4.06. The number of urea groups is 2. The Hall–Kier alpha value is -1.96. The SMILES string of the molecule is CN(C)C(=O)N(C(=O)N1CCCC1)c1ccc(Cl)cc1C(F)(F)F. The van der Waals surface area contributed by atoms with Gasteiger partial charge in [-0.3, -0.25) is 0 Å². The highest BCUT2D eigenvalue weighted by atomic mass is 35.5. The van der Waals surface area contributed by atoms with Crippen molar-refractivity contribution < 1.29 is 22.8 Å². The Morgan fingerprint density at radius 1 is 1.17 bits per heavy atom. The van der Waals surface area contributed by atoms with Gasteiger partial charge in [0.15, 0.2) is 0 Å². The van der Waals surface area contributed by atoms with Crippen LogP contribution >= 0.6 is 11.6 Å². The third-order valence-electron chi connectivity index (χ3n) is 3.65. The number of alkyl halides is 3. The van der Waals surface area contributed by atoms with E-state index in [0.717, 1.165) is 23.8 Å². The summed E-state index contributed by atoms with van der Waals surface area (Å²) < 4.78 is 40.1. The Balaban J connectivity index is 2.55. The van der Waals surface area contributed by atoms with Gasteiger partial charge in [-0.1, -0.05) is 11.6 Å². The Kier molecular flexibility index (Phi) is 5.27. The van der Waals surface area contributed by atoms with Gasteiger partial charge in [-0.15, -0.1) is 0 Å². The number of imide groups is 1. The van der Waals surface area contributed by atoms with Crippen LogP contribution in [0.2, 0.25) is 5.02 Å². The van der Waals surface area contributed by atoms with Crippen molar-refractivity contribution in [3.05, 3.63) is 28.8 Å². The van der Waals surface area contributed by atoms with E-state index in [1.54, 1.807) is 0 Å². The molecule has 2 rings (SSSR count). The molecule has 9 heteroatoms. The first-order valence-electron chi connectivity index (χ1n) is 7.30. The van der Waals surface area contributed by atoms with Crippen molar-refractivity contribution in [3.8, 4) is 0 Å². The maximum absolute atomic E-state index is 13.4. The number of carbonyl (C=O) groups is 2. The summed E-state index contributed by atoms with van der Waals surface area (Å²) in [5.74, 6) is 0. The molecule has 1 aliphatic heterocycles. The Morgan fingerprint density at radius 2 is 1.75 bits per heavy atom. The number of nitrogens with zero attached hydrogens (tertiary/aromatic N) is 3. The van der Waals surface area contributed by atoms with E-state index in [1.165, 1.54) is 25.1 Å². The fourth-order valence-electron chi connectivity index (χ4n) is 2.47. The number of halogens is 4.